The quantitative estimate of drug-likeness (QED) is 0.813. The van der Waals surface area contributed by atoms with Gasteiger partial charge < -0.3 is 4.74 Å². The average Bonchev–Trinajstić information content (AvgIpc) is 2.46. The fraction of sp³-hybridized carbons (Fsp3) is 0.0714. The highest BCUT2D eigenvalue weighted by atomic mass is 32.2. The maximum atomic E-state index is 13.2. The first-order valence-corrected chi connectivity index (χ1v) is 7.11. The Bertz CT molecular complexity index is 754. The summed E-state index contributed by atoms with van der Waals surface area (Å²) in [5.41, 5.74) is 0.292. The molecule has 0 spiro atoms. The van der Waals surface area contributed by atoms with Crippen molar-refractivity contribution in [1.29, 1.82) is 0 Å². The smallest absolute Gasteiger partial charge is 0.210 e. The van der Waals surface area contributed by atoms with E-state index in [1.165, 1.54) is 37.4 Å². The van der Waals surface area contributed by atoms with E-state index in [-0.39, 0.29) is 15.5 Å². The van der Waals surface area contributed by atoms with E-state index in [0.29, 0.717) is 11.8 Å². The highest BCUT2D eigenvalue weighted by Gasteiger charge is 2.22. The summed E-state index contributed by atoms with van der Waals surface area (Å²) in [5.74, 6) is -0.603. The number of sulfone groups is 1. The molecule has 2 aromatic rings. The van der Waals surface area contributed by atoms with Crippen LogP contribution in [0.25, 0.3) is 0 Å². The molecule has 104 valence electrons. The van der Waals surface area contributed by atoms with Crippen molar-refractivity contribution in [3.05, 3.63) is 53.8 Å². The lowest BCUT2D eigenvalue weighted by Crippen LogP contribution is -2.05. The summed E-state index contributed by atoms with van der Waals surface area (Å²) >= 11 is 0. The molecule has 4 nitrogen and oxygen atoms in total. The lowest BCUT2D eigenvalue weighted by atomic mass is 10.2. The van der Waals surface area contributed by atoms with E-state index >= 15 is 0 Å². The molecule has 0 aliphatic heterocycles. The zero-order valence-corrected chi connectivity index (χ0v) is 11.4. The van der Waals surface area contributed by atoms with Gasteiger partial charge in [-0.25, -0.2) is 12.8 Å². The van der Waals surface area contributed by atoms with Crippen LogP contribution in [0.2, 0.25) is 0 Å². The Labute approximate surface area is 115 Å². The minimum atomic E-state index is -3.91. The Morgan fingerprint density at radius 3 is 2.50 bits per heavy atom. The molecular formula is C14H11FO4S. The van der Waals surface area contributed by atoms with Gasteiger partial charge in [0.15, 0.2) is 0 Å². The van der Waals surface area contributed by atoms with Crippen molar-refractivity contribution in [2.24, 2.45) is 0 Å². The highest BCUT2D eigenvalue weighted by Crippen LogP contribution is 2.30. The molecule has 0 heterocycles. The van der Waals surface area contributed by atoms with Crippen molar-refractivity contribution in [1.82, 2.24) is 0 Å². The van der Waals surface area contributed by atoms with Crippen LogP contribution in [-0.4, -0.2) is 21.8 Å². The first kappa shape index (κ1) is 14.2. The van der Waals surface area contributed by atoms with Gasteiger partial charge >= 0.3 is 0 Å². The van der Waals surface area contributed by atoms with Gasteiger partial charge in [-0.3, -0.25) is 4.79 Å². The van der Waals surface area contributed by atoms with Gasteiger partial charge in [0.05, 0.1) is 12.0 Å². The number of hydrogen-bond acceptors (Lipinski definition) is 4. The Hall–Kier alpha value is -2.21. The van der Waals surface area contributed by atoms with E-state index in [1.54, 1.807) is 0 Å². The maximum absolute atomic E-state index is 13.2. The topological polar surface area (TPSA) is 60.4 Å². The Kier molecular flexibility index (Phi) is 3.85. The van der Waals surface area contributed by atoms with Crippen molar-refractivity contribution in [2.75, 3.05) is 7.11 Å². The number of carbonyl (C=O) groups is 1. The third-order valence-electron chi connectivity index (χ3n) is 2.72. The van der Waals surface area contributed by atoms with Crippen LogP contribution in [0, 0.1) is 5.82 Å². The highest BCUT2D eigenvalue weighted by molar-refractivity contribution is 7.91. The lowest BCUT2D eigenvalue weighted by molar-refractivity contribution is 0.112. The molecule has 0 amide bonds. The Balaban J connectivity index is 2.63. The summed E-state index contributed by atoms with van der Waals surface area (Å²) in [7, 11) is -2.61. The average molecular weight is 294 g/mol. The molecule has 0 aliphatic carbocycles. The second kappa shape index (κ2) is 5.42. The van der Waals surface area contributed by atoms with Gasteiger partial charge in [0, 0.05) is 5.56 Å². The number of aldehydes is 1. The lowest BCUT2D eigenvalue weighted by Gasteiger charge is -2.10. The molecular weight excluding hydrogens is 283 g/mol. The zero-order chi connectivity index (χ0) is 14.8. The first-order chi connectivity index (χ1) is 9.48. The number of carbonyl (C=O) groups excluding carboxylic acids is 1. The molecule has 0 fully saturated rings. The number of methoxy groups -OCH3 is 1. The summed E-state index contributed by atoms with van der Waals surface area (Å²) < 4.78 is 43.0. The van der Waals surface area contributed by atoms with Gasteiger partial charge in [-0.2, -0.15) is 0 Å². The molecule has 0 saturated heterocycles. The first-order valence-electron chi connectivity index (χ1n) is 5.63. The fourth-order valence-electron chi connectivity index (χ4n) is 1.74. The van der Waals surface area contributed by atoms with Crippen LogP contribution in [0.1, 0.15) is 10.4 Å². The number of benzene rings is 2. The standard InChI is InChI=1S/C14H11FO4S/c1-19-13-7-10(9-16)5-6-14(13)20(17,18)12-4-2-3-11(15)8-12/h2-9H,1H3. The van der Waals surface area contributed by atoms with E-state index in [4.69, 9.17) is 4.74 Å². The number of ether oxygens (including phenoxy) is 1. The van der Waals surface area contributed by atoms with Gasteiger partial charge in [-0.1, -0.05) is 12.1 Å². The van der Waals surface area contributed by atoms with Gasteiger partial charge in [-0.05, 0) is 30.3 Å². The number of hydrogen-bond donors (Lipinski definition) is 0. The number of halogens is 1. The third-order valence-corrected chi connectivity index (χ3v) is 4.51. The van der Waals surface area contributed by atoms with Crippen LogP contribution < -0.4 is 4.74 Å². The largest absolute Gasteiger partial charge is 0.495 e. The minimum Gasteiger partial charge on any atom is -0.495 e. The summed E-state index contributed by atoms with van der Waals surface area (Å²) in [6, 6.07) is 8.65. The molecule has 2 rings (SSSR count). The monoisotopic (exact) mass is 294 g/mol. The second-order valence-corrected chi connectivity index (χ2v) is 5.91. The van der Waals surface area contributed by atoms with Crippen LogP contribution in [-0.2, 0) is 9.84 Å². The van der Waals surface area contributed by atoms with Gasteiger partial charge in [0.25, 0.3) is 0 Å². The molecule has 0 radical (unpaired) electrons. The summed E-state index contributed by atoms with van der Waals surface area (Å²) in [6.45, 7) is 0. The predicted molar refractivity (Wildman–Crippen MR) is 70.2 cm³/mol. The van der Waals surface area contributed by atoms with E-state index in [9.17, 15) is 17.6 Å². The van der Waals surface area contributed by atoms with Crippen LogP contribution in [0.4, 0.5) is 4.39 Å². The molecule has 0 atom stereocenters. The van der Waals surface area contributed by atoms with Crippen LogP contribution >= 0.6 is 0 Å². The summed E-state index contributed by atoms with van der Waals surface area (Å²) in [6.07, 6.45) is 0.584. The predicted octanol–water partition coefficient (Wildman–Crippen LogP) is 2.48. The normalized spacial score (nSPS) is 11.1. The maximum Gasteiger partial charge on any atom is 0.210 e. The van der Waals surface area contributed by atoms with Crippen molar-refractivity contribution in [3.63, 3.8) is 0 Å². The van der Waals surface area contributed by atoms with Crippen LogP contribution in [0.3, 0.4) is 0 Å². The zero-order valence-electron chi connectivity index (χ0n) is 10.5. The van der Waals surface area contributed by atoms with E-state index in [1.807, 2.05) is 0 Å². The molecule has 0 bridgehead atoms. The van der Waals surface area contributed by atoms with E-state index in [2.05, 4.69) is 0 Å². The summed E-state index contributed by atoms with van der Waals surface area (Å²) in [4.78, 5) is 10.4. The summed E-state index contributed by atoms with van der Waals surface area (Å²) in [5, 5.41) is 0. The fourth-order valence-corrected chi connectivity index (χ4v) is 3.17. The molecule has 0 N–H and O–H groups in total. The molecule has 0 aromatic heterocycles. The van der Waals surface area contributed by atoms with Crippen LogP contribution in [0.15, 0.2) is 52.3 Å². The molecule has 20 heavy (non-hydrogen) atoms. The van der Waals surface area contributed by atoms with Crippen molar-refractivity contribution >= 4 is 16.1 Å². The van der Waals surface area contributed by atoms with Crippen molar-refractivity contribution in [2.45, 2.75) is 9.79 Å². The second-order valence-electron chi connectivity index (χ2n) is 3.99. The Morgan fingerprint density at radius 2 is 1.90 bits per heavy atom. The minimum absolute atomic E-state index is 0.0406. The van der Waals surface area contributed by atoms with E-state index < -0.39 is 15.7 Å². The SMILES string of the molecule is COc1cc(C=O)ccc1S(=O)(=O)c1cccc(F)c1. The van der Waals surface area contributed by atoms with Crippen LogP contribution in [0.5, 0.6) is 5.75 Å². The van der Waals surface area contributed by atoms with E-state index in [0.717, 1.165) is 12.1 Å². The molecule has 0 aliphatic rings. The van der Waals surface area contributed by atoms with Crippen molar-refractivity contribution < 1.29 is 22.3 Å². The van der Waals surface area contributed by atoms with Gasteiger partial charge in [0.2, 0.25) is 9.84 Å². The number of rotatable bonds is 4. The Morgan fingerprint density at radius 1 is 1.15 bits per heavy atom. The van der Waals surface area contributed by atoms with Gasteiger partial charge in [0.1, 0.15) is 22.7 Å². The molecule has 0 unspecified atom stereocenters. The molecule has 2 aromatic carbocycles. The third kappa shape index (κ3) is 2.55. The van der Waals surface area contributed by atoms with Crippen molar-refractivity contribution in [3.8, 4) is 5.75 Å². The van der Waals surface area contributed by atoms with Gasteiger partial charge in [-0.15, -0.1) is 0 Å². The molecule has 6 heteroatoms. The molecule has 0 saturated carbocycles.